The SMILES string of the molecule is Cc1cc(N(C)C)c2cc(C3=NC(c4ccc5nc(C)cc(N(C)C)c5c4)N(N)C(N4CCCN(C)CC4)=N3)ccc2n1. The topological polar surface area (TPSA) is 92.7 Å². The third-order valence-electron chi connectivity index (χ3n) is 8.32. The number of amidine groups is 1. The van der Waals surface area contributed by atoms with Crippen LogP contribution in [-0.4, -0.2) is 98.0 Å². The number of anilines is 2. The molecule has 43 heavy (non-hydrogen) atoms. The highest BCUT2D eigenvalue weighted by Gasteiger charge is 2.31. The van der Waals surface area contributed by atoms with Gasteiger partial charge >= 0.3 is 0 Å². The Morgan fingerprint density at radius 1 is 0.767 bits per heavy atom. The zero-order valence-electron chi connectivity index (χ0n) is 26.3. The van der Waals surface area contributed by atoms with E-state index in [2.05, 4.69) is 103 Å². The molecule has 0 saturated carbocycles. The number of rotatable bonds is 4. The van der Waals surface area contributed by atoms with Crippen molar-refractivity contribution in [2.24, 2.45) is 15.8 Å². The van der Waals surface area contributed by atoms with Crippen LogP contribution in [0.2, 0.25) is 0 Å². The van der Waals surface area contributed by atoms with Crippen molar-refractivity contribution in [2.45, 2.75) is 26.4 Å². The predicted octanol–water partition coefficient (Wildman–Crippen LogP) is 4.16. The molecule has 2 N–H and O–H groups in total. The number of hydrogen-bond donors (Lipinski definition) is 1. The van der Waals surface area contributed by atoms with Crippen molar-refractivity contribution < 1.29 is 0 Å². The Bertz CT molecular complexity index is 1740. The molecule has 0 aliphatic carbocycles. The van der Waals surface area contributed by atoms with Gasteiger partial charge in [-0.25, -0.2) is 10.8 Å². The molecule has 224 valence electrons. The number of aryl methyl sites for hydroxylation is 2. The van der Waals surface area contributed by atoms with E-state index >= 15 is 0 Å². The highest BCUT2D eigenvalue weighted by atomic mass is 15.6. The van der Waals surface area contributed by atoms with Gasteiger partial charge in [-0.2, -0.15) is 4.99 Å². The number of fused-ring (bicyclic) bond motifs is 2. The first kappa shape index (κ1) is 28.8. The third kappa shape index (κ3) is 5.60. The van der Waals surface area contributed by atoms with Gasteiger partial charge in [-0.3, -0.25) is 15.0 Å². The van der Waals surface area contributed by atoms with Gasteiger partial charge in [0.2, 0.25) is 5.96 Å². The summed E-state index contributed by atoms with van der Waals surface area (Å²) in [6.07, 6.45) is 0.588. The van der Waals surface area contributed by atoms with Gasteiger partial charge in [0, 0.05) is 86.9 Å². The Morgan fingerprint density at radius 2 is 1.40 bits per heavy atom. The van der Waals surface area contributed by atoms with Crippen molar-refractivity contribution in [1.29, 1.82) is 0 Å². The Balaban J connectivity index is 1.51. The number of aromatic nitrogens is 2. The van der Waals surface area contributed by atoms with Crippen LogP contribution in [0.3, 0.4) is 0 Å². The molecule has 0 radical (unpaired) electrons. The quantitative estimate of drug-likeness (QED) is 0.361. The van der Waals surface area contributed by atoms with Crippen molar-refractivity contribution in [3.8, 4) is 0 Å². The van der Waals surface area contributed by atoms with Crippen molar-refractivity contribution in [1.82, 2.24) is 24.8 Å². The van der Waals surface area contributed by atoms with Gasteiger partial charge in [-0.05, 0) is 81.9 Å². The van der Waals surface area contributed by atoms with E-state index in [-0.39, 0.29) is 0 Å². The molecule has 0 spiro atoms. The summed E-state index contributed by atoms with van der Waals surface area (Å²) >= 11 is 0. The number of likely N-dealkylation sites (N-methyl/N-ethyl adjacent to an activating group) is 1. The molecule has 1 fully saturated rings. The van der Waals surface area contributed by atoms with E-state index in [9.17, 15) is 0 Å². The van der Waals surface area contributed by atoms with Gasteiger partial charge in [-0.15, -0.1) is 0 Å². The van der Waals surface area contributed by atoms with Gasteiger partial charge in [-0.1, -0.05) is 6.07 Å². The van der Waals surface area contributed by atoms with Gasteiger partial charge in [0.1, 0.15) is 0 Å². The van der Waals surface area contributed by atoms with Gasteiger partial charge < -0.3 is 19.6 Å². The lowest BCUT2D eigenvalue weighted by Gasteiger charge is -2.37. The molecule has 2 aliphatic rings. The molecular formula is C33H42N10. The monoisotopic (exact) mass is 578 g/mol. The highest BCUT2D eigenvalue weighted by Crippen LogP contribution is 2.33. The van der Waals surface area contributed by atoms with Crippen LogP contribution in [0.25, 0.3) is 21.8 Å². The number of nitrogens with two attached hydrogens (primary N) is 1. The minimum atomic E-state index is -0.454. The third-order valence-corrected chi connectivity index (χ3v) is 8.32. The standard InChI is InChI=1S/C33H42N10/c1-21-17-29(39(3)4)25-19-23(9-11-27(25)35-21)31-37-32(43(34)33(38-31)42-14-8-13-41(7)15-16-42)24-10-12-28-26(20-24)30(40(5)6)18-22(2)36-28/h9-12,17-20,32H,8,13-16,34H2,1-7H3. The van der Waals surface area contributed by atoms with Crippen LogP contribution in [0, 0.1) is 13.8 Å². The van der Waals surface area contributed by atoms with E-state index in [1.54, 1.807) is 5.01 Å². The lowest BCUT2D eigenvalue weighted by molar-refractivity contribution is 0.265. The number of hydrazine groups is 1. The average Bonchev–Trinajstić information content (AvgIpc) is 3.20. The van der Waals surface area contributed by atoms with Gasteiger partial charge in [0.15, 0.2) is 12.0 Å². The Hall–Kier alpha value is -4.28. The maximum Gasteiger partial charge on any atom is 0.220 e. The number of benzene rings is 2. The fourth-order valence-corrected chi connectivity index (χ4v) is 6.05. The number of hydrogen-bond acceptors (Lipinski definition) is 10. The number of guanidine groups is 1. The van der Waals surface area contributed by atoms with Crippen LogP contribution in [0.15, 0.2) is 58.5 Å². The molecule has 0 bridgehead atoms. The first-order chi connectivity index (χ1) is 20.6. The molecular weight excluding hydrogens is 536 g/mol. The van der Waals surface area contributed by atoms with Crippen molar-refractivity contribution >= 4 is 45.0 Å². The molecule has 2 aromatic carbocycles. The summed E-state index contributed by atoms with van der Waals surface area (Å²) in [6.45, 7) is 7.79. The molecule has 1 atom stereocenters. The summed E-state index contributed by atoms with van der Waals surface area (Å²) in [7, 11) is 10.4. The van der Waals surface area contributed by atoms with E-state index in [4.69, 9.17) is 25.8 Å². The molecule has 2 aromatic heterocycles. The van der Waals surface area contributed by atoms with E-state index < -0.39 is 6.17 Å². The van der Waals surface area contributed by atoms with Crippen molar-refractivity contribution in [3.63, 3.8) is 0 Å². The van der Waals surface area contributed by atoms with E-state index in [1.807, 2.05) is 13.8 Å². The van der Waals surface area contributed by atoms with Crippen LogP contribution in [-0.2, 0) is 0 Å². The van der Waals surface area contributed by atoms with Crippen LogP contribution in [0.4, 0.5) is 11.4 Å². The van der Waals surface area contributed by atoms with Crippen LogP contribution in [0.5, 0.6) is 0 Å². The lowest BCUT2D eigenvalue weighted by Crippen LogP contribution is -2.52. The first-order valence-electron chi connectivity index (χ1n) is 14.9. The van der Waals surface area contributed by atoms with Crippen LogP contribution >= 0.6 is 0 Å². The Morgan fingerprint density at radius 3 is 2.05 bits per heavy atom. The number of nitrogens with zero attached hydrogens (tertiary/aromatic N) is 9. The molecule has 6 rings (SSSR count). The van der Waals surface area contributed by atoms with Gasteiger partial charge in [0.05, 0.1) is 11.0 Å². The van der Waals surface area contributed by atoms with Crippen molar-refractivity contribution in [2.75, 3.05) is 71.2 Å². The minimum Gasteiger partial charge on any atom is -0.377 e. The minimum absolute atomic E-state index is 0.454. The maximum atomic E-state index is 6.95. The molecule has 10 heteroatoms. The summed E-state index contributed by atoms with van der Waals surface area (Å²) < 4.78 is 0. The maximum absolute atomic E-state index is 6.95. The van der Waals surface area contributed by atoms with E-state index in [0.717, 1.165) is 94.3 Å². The number of pyridine rings is 2. The molecule has 0 amide bonds. The number of aliphatic imine (C=N–C) groups is 2. The zero-order chi connectivity index (χ0) is 30.4. The molecule has 4 aromatic rings. The summed E-state index contributed by atoms with van der Waals surface area (Å²) in [4.78, 5) is 28.9. The second-order valence-corrected chi connectivity index (χ2v) is 12.2. The largest absolute Gasteiger partial charge is 0.377 e. The lowest BCUT2D eigenvalue weighted by atomic mass is 10.0. The zero-order valence-corrected chi connectivity index (χ0v) is 26.3. The predicted molar refractivity (Wildman–Crippen MR) is 178 cm³/mol. The molecule has 1 unspecified atom stereocenters. The fraction of sp³-hybridized carbons (Fsp3) is 0.394. The Labute approximate surface area is 254 Å². The second kappa shape index (κ2) is 11.4. The van der Waals surface area contributed by atoms with E-state index in [0.29, 0.717) is 5.84 Å². The van der Waals surface area contributed by atoms with Crippen LogP contribution in [0.1, 0.15) is 35.1 Å². The second-order valence-electron chi connectivity index (χ2n) is 12.2. The average molecular weight is 579 g/mol. The summed E-state index contributed by atoms with van der Waals surface area (Å²) in [5.41, 5.74) is 8.05. The molecule has 10 nitrogen and oxygen atoms in total. The van der Waals surface area contributed by atoms with E-state index in [1.165, 1.54) is 0 Å². The summed E-state index contributed by atoms with van der Waals surface area (Å²) in [6, 6.07) is 16.9. The molecule has 4 heterocycles. The first-order valence-corrected chi connectivity index (χ1v) is 14.9. The van der Waals surface area contributed by atoms with Gasteiger partial charge in [0.25, 0.3) is 0 Å². The smallest absolute Gasteiger partial charge is 0.220 e. The summed E-state index contributed by atoms with van der Waals surface area (Å²) in [5, 5.41) is 3.88. The molecule has 2 aliphatic heterocycles. The summed E-state index contributed by atoms with van der Waals surface area (Å²) in [5.74, 6) is 8.36. The van der Waals surface area contributed by atoms with Crippen LogP contribution < -0.4 is 15.6 Å². The fourth-order valence-electron chi connectivity index (χ4n) is 6.05. The highest BCUT2D eigenvalue weighted by molar-refractivity contribution is 6.10. The van der Waals surface area contributed by atoms with Crippen molar-refractivity contribution in [3.05, 3.63) is 71.0 Å². The Kier molecular flexibility index (Phi) is 7.66. The normalized spacial score (nSPS) is 18.1. The molecule has 1 saturated heterocycles.